The molecule has 1 N–H and O–H groups in total. The minimum absolute atomic E-state index is 0.381. The summed E-state index contributed by atoms with van der Waals surface area (Å²) >= 11 is 12.0. The first kappa shape index (κ1) is 19.5. The highest BCUT2D eigenvalue weighted by atomic mass is 35.5. The molecule has 0 aliphatic carbocycles. The summed E-state index contributed by atoms with van der Waals surface area (Å²) < 4.78 is 11.4. The molecule has 1 aromatic heterocycles. The average molecular weight is 403 g/mol. The molecule has 2 aromatic carbocycles. The normalized spacial score (nSPS) is 10.6. The molecule has 0 saturated carbocycles. The highest BCUT2D eigenvalue weighted by molar-refractivity contribution is 6.42. The maximum Gasteiger partial charge on any atom is 0.161 e. The summed E-state index contributed by atoms with van der Waals surface area (Å²) in [6.45, 7) is 1.86. The van der Waals surface area contributed by atoms with E-state index in [0.717, 1.165) is 29.8 Å². The van der Waals surface area contributed by atoms with E-state index in [1.807, 2.05) is 42.6 Å². The van der Waals surface area contributed by atoms with Gasteiger partial charge in [-0.1, -0.05) is 41.4 Å². The van der Waals surface area contributed by atoms with E-state index in [1.54, 1.807) is 25.4 Å². The molecule has 0 aliphatic heterocycles. The number of ether oxygens (including phenoxy) is 2. The van der Waals surface area contributed by atoms with E-state index in [1.165, 1.54) is 0 Å². The zero-order valence-corrected chi connectivity index (χ0v) is 16.4. The molecule has 1 heterocycles. The second-order valence-electron chi connectivity index (χ2n) is 5.99. The first-order chi connectivity index (χ1) is 13.2. The van der Waals surface area contributed by atoms with Crippen LogP contribution in [0.2, 0.25) is 10.0 Å². The topological polar surface area (TPSA) is 43.4 Å². The summed E-state index contributed by atoms with van der Waals surface area (Å²) in [4.78, 5) is 4.11. The van der Waals surface area contributed by atoms with Gasteiger partial charge in [-0.3, -0.25) is 4.98 Å². The predicted octanol–water partition coefficient (Wildman–Crippen LogP) is 5.27. The lowest BCUT2D eigenvalue weighted by Gasteiger charge is -2.13. The van der Waals surface area contributed by atoms with Gasteiger partial charge in [-0.05, 0) is 47.0 Å². The van der Waals surface area contributed by atoms with Gasteiger partial charge in [0.05, 0.1) is 17.2 Å². The fourth-order valence-electron chi connectivity index (χ4n) is 2.59. The summed E-state index contributed by atoms with van der Waals surface area (Å²) in [5.74, 6) is 1.37. The number of hydrogen-bond acceptors (Lipinski definition) is 4. The van der Waals surface area contributed by atoms with E-state index in [-0.39, 0.29) is 0 Å². The first-order valence-electron chi connectivity index (χ1n) is 8.49. The van der Waals surface area contributed by atoms with Crippen molar-refractivity contribution < 1.29 is 9.47 Å². The maximum absolute atomic E-state index is 6.04. The number of halogens is 2. The lowest BCUT2D eigenvalue weighted by atomic mass is 10.2. The third-order valence-corrected chi connectivity index (χ3v) is 4.73. The third kappa shape index (κ3) is 5.60. The zero-order valence-electron chi connectivity index (χ0n) is 14.9. The van der Waals surface area contributed by atoms with Gasteiger partial charge in [0.2, 0.25) is 0 Å². The average Bonchev–Trinajstić information content (AvgIpc) is 2.70. The molecule has 140 valence electrons. The number of methoxy groups -OCH3 is 1. The van der Waals surface area contributed by atoms with Gasteiger partial charge in [-0.2, -0.15) is 0 Å². The van der Waals surface area contributed by atoms with E-state index >= 15 is 0 Å². The van der Waals surface area contributed by atoms with Crippen molar-refractivity contribution in [2.45, 2.75) is 19.7 Å². The van der Waals surface area contributed by atoms with Crippen molar-refractivity contribution in [3.8, 4) is 11.5 Å². The van der Waals surface area contributed by atoms with Crippen LogP contribution in [0.15, 0.2) is 60.9 Å². The molecule has 0 unspecified atom stereocenters. The Balaban J connectivity index is 1.59. The highest BCUT2D eigenvalue weighted by Crippen LogP contribution is 2.29. The number of nitrogens with one attached hydrogen (secondary N) is 1. The summed E-state index contributed by atoms with van der Waals surface area (Å²) in [5.41, 5.74) is 3.19. The summed E-state index contributed by atoms with van der Waals surface area (Å²) in [6, 6.07) is 15.3. The van der Waals surface area contributed by atoms with Crippen LogP contribution >= 0.6 is 23.2 Å². The largest absolute Gasteiger partial charge is 0.493 e. The molecular weight excluding hydrogens is 383 g/mol. The van der Waals surface area contributed by atoms with Gasteiger partial charge in [0, 0.05) is 25.5 Å². The molecule has 27 heavy (non-hydrogen) atoms. The molecule has 0 bridgehead atoms. The lowest BCUT2D eigenvalue weighted by molar-refractivity contribution is 0.284. The van der Waals surface area contributed by atoms with Gasteiger partial charge in [0.15, 0.2) is 11.5 Å². The van der Waals surface area contributed by atoms with Crippen molar-refractivity contribution in [2.24, 2.45) is 0 Å². The van der Waals surface area contributed by atoms with Crippen LogP contribution in [0.4, 0.5) is 0 Å². The van der Waals surface area contributed by atoms with Crippen molar-refractivity contribution in [3.05, 3.63) is 87.7 Å². The number of aromatic nitrogens is 1. The Bertz CT molecular complexity index is 889. The molecule has 6 heteroatoms. The predicted molar refractivity (Wildman–Crippen MR) is 109 cm³/mol. The van der Waals surface area contributed by atoms with Crippen LogP contribution in [-0.2, 0) is 19.7 Å². The van der Waals surface area contributed by atoms with E-state index in [0.29, 0.717) is 28.2 Å². The van der Waals surface area contributed by atoms with Crippen LogP contribution < -0.4 is 14.8 Å². The van der Waals surface area contributed by atoms with Crippen LogP contribution in [0.3, 0.4) is 0 Å². The van der Waals surface area contributed by atoms with Crippen molar-refractivity contribution in [2.75, 3.05) is 7.11 Å². The van der Waals surface area contributed by atoms with Gasteiger partial charge < -0.3 is 14.8 Å². The number of hydrogen-bond donors (Lipinski definition) is 1. The Morgan fingerprint density at radius 3 is 2.44 bits per heavy atom. The van der Waals surface area contributed by atoms with Crippen LogP contribution in [0.25, 0.3) is 0 Å². The molecule has 0 atom stereocenters. The van der Waals surface area contributed by atoms with Gasteiger partial charge in [-0.15, -0.1) is 0 Å². The monoisotopic (exact) mass is 402 g/mol. The van der Waals surface area contributed by atoms with Gasteiger partial charge in [-0.25, -0.2) is 0 Å². The molecular formula is C21H20Cl2N2O2. The summed E-state index contributed by atoms with van der Waals surface area (Å²) in [6.07, 6.45) is 3.62. The summed E-state index contributed by atoms with van der Waals surface area (Å²) in [5, 5.41) is 4.44. The minimum Gasteiger partial charge on any atom is -0.493 e. The standard InChI is InChI=1S/C21H20Cl2N2O2/c1-26-21-10-15(11-25-13-17-3-2-8-24-12-17)5-7-20(21)27-14-16-4-6-18(22)19(23)9-16/h2-10,12,25H,11,13-14H2,1H3. The number of rotatable bonds is 8. The van der Waals surface area contributed by atoms with Crippen molar-refractivity contribution in [1.82, 2.24) is 10.3 Å². The Morgan fingerprint density at radius 2 is 1.70 bits per heavy atom. The molecule has 4 nitrogen and oxygen atoms in total. The third-order valence-electron chi connectivity index (χ3n) is 3.99. The SMILES string of the molecule is COc1cc(CNCc2cccnc2)ccc1OCc1ccc(Cl)c(Cl)c1. The van der Waals surface area contributed by atoms with Gasteiger partial charge in [0.1, 0.15) is 6.61 Å². The van der Waals surface area contributed by atoms with E-state index in [9.17, 15) is 0 Å². The first-order valence-corrected chi connectivity index (χ1v) is 9.24. The summed E-state index contributed by atoms with van der Waals surface area (Å²) in [7, 11) is 1.63. The molecule has 3 rings (SSSR count). The quantitative estimate of drug-likeness (QED) is 0.557. The second-order valence-corrected chi connectivity index (χ2v) is 6.80. The Hall–Kier alpha value is -2.27. The van der Waals surface area contributed by atoms with Crippen LogP contribution in [0.5, 0.6) is 11.5 Å². The molecule has 0 amide bonds. The Morgan fingerprint density at radius 1 is 0.889 bits per heavy atom. The maximum atomic E-state index is 6.04. The number of benzene rings is 2. The van der Waals surface area contributed by atoms with Gasteiger partial charge >= 0.3 is 0 Å². The van der Waals surface area contributed by atoms with E-state index < -0.39 is 0 Å². The highest BCUT2D eigenvalue weighted by Gasteiger charge is 2.07. The molecule has 0 spiro atoms. The smallest absolute Gasteiger partial charge is 0.161 e. The van der Waals surface area contributed by atoms with Crippen molar-refractivity contribution in [1.29, 1.82) is 0 Å². The Labute approximate surface area is 169 Å². The van der Waals surface area contributed by atoms with E-state index in [4.69, 9.17) is 32.7 Å². The molecule has 3 aromatic rings. The zero-order chi connectivity index (χ0) is 19.1. The Kier molecular flexibility index (Phi) is 6.93. The number of pyridine rings is 1. The van der Waals surface area contributed by atoms with Crippen LogP contribution in [0.1, 0.15) is 16.7 Å². The molecule has 0 fully saturated rings. The molecule has 0 saturated heterocycles. The van der Waals surface area contributed by atoms with Gasteiger partial charge in [0.25, 0.3) is 0 Å². The lowest BCUT2D eigenvalue weighted by Crippen LogP contribution is -2.12. The van der Waals surface area contributed by atoms with Crippen LogP contribution in [0, 0.1) is 0 Å². The van der Waals surface area contributed by atoms with Crippen LogP contribution in [-0.4, -0.2) is 12.1 Å². The van der Waals surface area contributed by atoms with Crippen molar-refractivity contribution >= 4 is 23.2 Å². The fraction of sp³-hybridized carbons (Fsp3) is 0.190. The molecule has 0 aliphatic rings. The molecule has 0 radical (unpaired) electrons. The van der Waals surface area contributed by atoms with E-state index in [2.05, 4.69) is 10.3 Å². The minimum atomic E-state index is 0.381. The fourth-order valence-corrected chi connectivity index (χ4v) is 2.91. The van der Waals surface area contributed by atoms with Crippen molar-refractivity contribution in [3.63, 3.8) is 0 Å². The second kappa shape index (κ2) is 9.60. The number of nitrogens with zero attached hydrogens (tertiary/aromatic N) is 1.